The predicted molar refractivity (Wildman–Crippen MR) is 89.4 cm³/mol. The molecule has 1 aromatic rings. The number of thiophene rings is 1. The van der Waals surface area contributed by atoms with Crippen LogP contribution in [-0.2, 0) is 11.2 Å². The van der Waals surface area contributed by atoms with Crippen molar-refractivity contribution < 1.29 is 4.79 Å². The number of carbonyl (C=O) groups is 1. The van der Waals surface area contributed by atoms with Gasteiger partial charge in [0.15, 0.2) is 0 Å². The Morgan fingerprint density at radius 1 is 1.38 bits per heavy atom. The van der Waals surface area contributed by atoms with Gasteiger partial charge in [0.25, 0.3) is 0 Å². The molecule has 1 saturated carbocycles. The van der Waals surface area contributed by atoms with E-state index in [1.165, 1.54) is 17.7 Å². The smallest absolute Gasteiger partial charge is 0.230 e. The fraction of sp³-hybridized carbons (Fsp3) is 0.706. The van der Waals surface area contributed by atoms with Gasteiger partial charge in [-0.25, -0.2) is 0 Å². The highest BCUT2D eigenvalue weighted by molar-refractivity contribution is 7.09. The molecule has 1 aliphatic carbocycles. The first-order chi connectivity index (χ1) is 10.1. The number of amides is 1. The summed E-state index contributed by atoms with van der Waals surface area (Å²) >= 11 is 1.76. The lowest BCUT2D eigenvalue weighted by Gasteiger charge is -2.37. The van der Waals surface area contributed by atoms with Crippen molar-refractivity contribution in [1.29, 1.82) is 0 Å². The van der Waals surface area contributed by atoms with Gasteiger partial charge >= 0.3 is 0 Å². The van der Waals surface area contributed by atoms with E-state index in [4.69, 9.17) is 5.73 Å². The van der Waals surface area contributed by atoms with Gasteiger partial charge in [0.1, 0.15) is 0 Å². The Balaban J connectivity index is 2.05. The van der Waals surface area contributed by atoms with Crippen LogP contribution in [0.2, 0.25) is 0 Å². The van der Waals surface area contributed by atoms with Crippen LogP contribution >= 0.6 is 11.3 Å². The van der Waals surface area contributed by atoms with Gasteiger partial charge in [-0.1, -0.05) is 31.7 Å². The molecule has 1 aliphatic rings. The molecule has 4 heteroatoms. The molecular weight excluding hydrogens is 280 g/mol. The number of nitrogens with two attached hydrogens (primary N) is 1. The highest BCUT2D eigenvalue weighted by atomic mass is 32.1. The molecule has 1 heterocycles. The van der Waals surface area contributed by atoms with Crippen molar-refractivity contribution in [1.82, 2.24) is 4.90 Å². The summed E-state index contributed by atoms with van der Waals surface area (Å²) in [6.45, 7) is 2.63. The maximum atomic E-state index is 13.0. The summed E-state index contributed by atoms with van der Waals surface area (Å²) in [5.41, 5.74) is 5.73. The van der Waals surface area contributed by atoms with Gasteiger partial charge in [0, 0.05) is 30.9 Å². The average Bonchev–Trinajstić information content (AvgIpc) is 2.88. The third-order valence-corrected chi connectivity index (χ3v) is 5.86. The molecule has 118 valence electrons. The molecule has 0 bridgehead atoms. The molecule has 21 heavy (non-hydrogen) atoms. The zero-order chi connectivity index (χ0) is 15.3. The first-order valence-electron chi connectivity index (χ1n) is 8.09. The van der Waals surface area contributed by atoms with Crippen LogP contribution in [0.15, 0.2) is 17.5 Å². The first kappa shape index (κ1) is 16.5. The maximum absolute atomic E-state index is 13.0. The monoisotopic (exact) mass is 308 g/mol. The predicted octanol–water partition coefficient (Wildman–Crippen LogP) is 3.44. The molecule has 0 aromatic carbocycles. The van der Waals surface area contributed by atoms with Gasteiger partial charge in [-0.15, -0.1) is 11.3 Å². The van der Waals surface area contributed by atoms with E-state index in [0.29, 0.717) is 6.54 Å². The molecule has 0 radical (unpaired) electrons. The molecular formula is C17H28N2OS. The molecule has 0 spiro atoms. The van der Waals surface area contributed by atoms with Crippen LogP contribution in [0.25, 0.3) is 0 Å². The van der Waals surface area contributed by atoms with Gasteiger partial charge in [-0.05, 0) is 31.2 Å². The minimum atomic E-state index is -0.311. The van der Waals surface area contributed by atoms with Crippen LogP contribution in [0.4, 0.5) is 0 Å². The summed E-state index contributed by atoms with van der Waals surface area (Å²) in [5, 5.41) is 2.09. The Bertz CT molecular complexity index is 436. The Hall–Kier alpha value is -0.870. The van der Waals surface area contributed by atoms with Gasteiger partial charge in [0.05, 0.1) is 5.41 Å². The summed E-state index contributed by atoms with van der Waals surface area (Å²) in [5.74, 6) is 0.260. The molecule has 1 fully saturated rings. The highest BCUT2D eigenvalue weighted by Crippen LogP contribution is 2.36. The van der Waals surface area contributed by atoms with Crippen molar-refractivity contribution >= 4 is 17.2 Å². The SMILES string of the molecule is CC(Cc1cccs1)N(C)C(=O)C1(CN)CCCCCC1. The number of hydrogen-bond acceptors (Lipinski definition) is 3. The highest BCUT2D eigenvalue weighted by Gasteiger charge is 2.40. The normalized spacial score (nSPS) is 19.8. The van der Waals surface area contributed by atoms with Gasteiger partial charge in [0.2, 0.25) is 5.91 Å². The van der Waals surface area contributed by atoms with Crippen LogP contribution < -0.4 is 5.73 Å². The van der Waals surface area contributed by atoms with E-state index >= 15 is 0 Å². The van der Waals surface area contributed by atoms with Gasteiger partial charge in [-0.3, -0.25) is 4.79 Å². The molecule has 1 aromatic heterocycles. The summed E-state index contributed by atoms with van der Waals surface area (Å²) in [7, 11) is 1.95. The Labute approximate surface area is 132 Å². The van der Waals surface area contributed by atoms with Crippen molar-refractivity contribution in [3.05, 3.63) is 22.4 Å². The third-order valence-electron chi connectivity index (χ3n) is 4.96. The number of carbonyl (C=O) groups excluding carboxylic acids is 1. The molecule has 1 atom stereocenters. The Morgan fingerprint density at radius 2 is 2.05 bits per heavy atom. The van der Waals surface area contributed by atoms with Crippen LogP contribution in [0.5, 0.6) is 0 Å². The van der Waals surface area contributed by atoms with E-state index in [1.54, 1.807) is 11.3 Å². The standard InChI is InChI=1S/C17H28N2OS/c1-14(12-15-8-7-11-21-15)19(2)16(20)17(13-18)9-5-3-4-6-10-17/h7-8,11,14H,3-6,9-10,12-13,18H2,1-2H3. The van der Waals surface area contributed by atoms with Gasteiger partial charge < -0.3 is 10.6 Å². The second-order valence-electron chi connectivity index (χ2n) is 6.45. The molecule has 3 nitrogen and oxygen atoms in total. The van der Waals surface area contributed by atoms with Crippen LogP contribution in [0.1, 0.15) is 50.3 Å². The zero-order valence-corrected chi connectivity index (χ0v) is 14.1. The zero-order valence-electron chi connectivity index (χ0n) is 13.3. The van der Waals surface area contributed by atoms with E-state index in [2.05, 4.69) is 24.4 Å². The molecule has 0 saturated heterocycles. The topological polar surface area (TPSA) is 46.3 Å². The van der Waals surface area contributed by atoms with Crippen LogP contribution in [0.3, 0.4) is 0 Å². The first-order valence-corrected chi connectivity index (χ1v) is 8.97. The quantitative estimate of drug-likeness (QED) is 0.847. The fourth-order valence-corrected chi connectivity index (χ4v) is 4.17. The van der Waals surface area contributed by atoms with Crippen molar-refractivity contribution in [2.45, 2.75) is 57.9 Å². The molecule has 0 aliphatic heterocycles. The Morgan fingerprint density at radius 3 is 2.57 bits per heavy atom. The molecule has 1 unspecified atom stereocenters. The fourth-order valence-electron chi connectivity index (χ4n) is 3.34. The minimum absolute atomic E-state index is 0.225. The van der Waals surface area contributed by atoms with Crippen molar-refractivity contribution in [2.24, 2.45) is 11.1 Å². The molecule has 1 amide bonds. The lowest BCUT2D eigenvalue weighted by atomic mass is 9.78. The number of rotatable bonds is 5. The lowest BCUT2D eigenvalue weighted by Crippen LogP contribution is -2.49. The minimum Gasteiger partial charge on any atom is -0.342 e. The van der Waals surface area contributed by atoms with Crippen LogP contribution in [-0.4, -0.2) is 30.4 Å². The number of nitrogens with zero attached hydrogens (tertiary/aromatic N) is 1. The number of hydrogen-bond donors (Lipinski definition) is 1. The van der Waals surface area contributed by atoms with Crippen molar-refractivity contribution in [3.8, 4) is 0 Å². The second kappa shape index (κ2) is 7.41. The maximum Gasteiger partial charge on any atom is 0.230 e. The molecule has 2 N–H and O–H groups in total. The summed E-state index contributed by atoms with van der Waals surface area (Å²) in [6.07, 6.45) is 7.59. The van der Waals surface area contributed by atoms with E-state index in [9.17, 15) is 4.79 Å². The van der Waals surface area contributed by atoms with E-state index in [0.717, 1.165) is 32.1 Å². The van der Waals surface area contributed by atoms with E-state index < -0.39 is 0 Å². The van der Waals surface area contributed by atoms with Crippen molar-refractivity contribution in [2.75, 3.05) is 13.6 Å². The van der Waals surface area contributed by atoms with Gasteiger partial charge in [-0.2, -0.15) is 0 Å². The number of likely N-dealkylation sites (N-methyl/N-ethyl adjacent to an activating group) is 1. The summed E-state index contributed by atoms with van der Waals surface area (Å²) < 4.78 is 0. The third kappa shape index (κ3) is 3.86. The Kier molecular flexibility index (Phi) is 5.82. The largest absolute Gasteiger partial charge is 0.342 e. The van der Waals surface area contributed by atoms with Crippen molar-refractivity contribution in [3.63, 3.8) is 0 Å². The average molecular weight is 308 g/mol. The van der Waals surface area contributed by atoms with Crippen LogP contribution in [0, 0.1) is 5.41 Å². The lowest BCUT2D eigenvalue weighted by molar-refractivity contribution is -0.143. The van der Waals surface area contributed by atoms with E-state index in [1.807, 2.05) is 11.9 Å². The second-order valence-corrected chi connectivity index (χ2v) is 7.48. The summed E-state index contributed by atoms with van der Waals surface area (Å²) in [6, 6.07) is 4.44. The van der Waals surface area contributed by atoms with E-state index in [-0.39, 0.29) is 17.4 Å². The summed E-state index contributed by atoms with van der Waals surface area (Å²) in [4.78, 5) is 16.3. The molecule has 2 rings (SSSR count).